The highest BCUT2D eigenvalue weighted by atomic mass is 16.7. The third kappa shape index (κ3) is 10.9. The molecule has 0 aromatic heterocycles. The molecule has 0 aromatic rings. The summed E-state index contributed by atoms with van der Waals surface area (Å²) in [5.74, 6) is 0. The quantitative estimate of drug-likeness (QED) is 0.253. The highest BCUT2D eigenvalue weighted by Crippen LogP contribution is 2.03. The Morgan fingerprint density at radius 1 is 1.00 bits per heavy atom. The molecule has 0 rings (SSSR count). The lowest BCUT2D eigenvalue weighted by Crippen LogP contribution is -2.16. The maximum atomic E-state index is 10.1. The molecule has 7 heteroatoms. The molecule has 7 nitrogen and oxygen atoms in total. The molecule has 0 aliphatic heterocycles. The average Bonchev–Trinajstić information content (AvgIpc) is 2.37. The molecule has 0 spiro atoms. The molecular weight excluding hydrogens is 244 g/mol. The summed E-state index contributed by atoms with van der Waals surface area (Å²) in [6, 6.07) is 0. The second-order valence-corrected chi connectivity index (χ2v) is 3.29. The predicted molar refractivity (Wildman–Crippen MR) is 59.0 cm³/mol. The molecule has 18 heavy (non-hydrogen) atoms. The van der Waals surface area contributed by atoms with Crippen molar-refractivity contribution in [3.63, 3.8) is 0 Å². The van der Waals surface area contributed by atoms with E-state index in [0.717, 1.165) is 12.8 Å². The molecular formula is C11H17O7. The van der Waals surface area contributed by atoms with Gasteiger partial charge >= 0.3 is 6.47 Å². The van der Waals surface area contributed by atoms with E-state index in [2.05, 4.69) is 14.2 Å². The Morgan fingerprint density at radius 2 is 1.72 bits per heavy atom. The fraction of sp³-hybridized carbons (Fsp3) is 0.727. The molecule has 1 atom stereocenters. The van der Waals surface area contributed by atoms with Crippen LogP contribution in [0.15, 0.2) is 0 Å². The number of hydrogen-bond donors (Lipinski definition) is 0. The van der Waals surface area contributed by atoms with Crippen LogP contribution >= 0.6 is 0 Å². The number of ether oxygens (including phenoxy) is 4. The van der Waals surface area contributed by atoms with Crippen LogP contribution in [0, 0.1) is 0 Å². The molecule has 0 amide bonds. The van der Waals surface area contributed by atoms with Crippen molar-refractivity contribution in [3.8, 4) is 0 Å². The van der Waals surface area contributed by atoms with Crippen molar-refractivity contribution in [2.45, 2.75) is 32.0 Å². The van der Waals surface area contributed by atoms with Gasteiger partial charge in [0.05, 0.1) is 6.61 Å². The van der Waals surface area contributed by atoms with Gasteiger partial charge in [-0.1, -0.05) is 0 Å². The van der Waals surface area contributed by atoms with E-state index in [0.29, 0.717) is 39.1 Å². The number of carbonyl (C=O) groups excluding carboxylic acids is 3. The van der Waals surface area contributed by atoms with Gasteiger partial charge < -0.3 is 18.9 Å². The van der Waals surface area contributed by atoms with Crippen LogP contribution in [-0.2, 0) is 33.3 Å². The van der Waals surface area contributed by atoms with Crippen molar-refractivity contribution in [1.82, 2.24) is 0 Å². The molecule has 0 heterocycles. The smallest absolute Gasteiger partial charge is 0.420 e. The summed E-state index contributed by atoms with van der Waals surface area (Å²) in [5, 5.41) is 0. The van der Waals surface area contributed by atoms with Gasteiger partial charge in [-0.05, 0) is 19.3 Å². The molecule has 0 N–H and O–H groups in total. The van der Waals surface area contributed by atoms with Crippen LogP contribution in [0.2, 0.25) is 0 Å². The monoisotopic (exact) mass is 261 g/mol. The number of rotatable bonds is 14. The van der Waals surface area contributed by atoms with Crippen LogP contribution in [0.1, 0.15) is 25.7 Å². The number of carbonyl (C=O) groups is 2. The lowest BCUT2D eigenvalue weighted by atomic mass is 10.3. The molecule has 1 radical (unpaired) electrons. The second-order valence-electron chi connectivity index (χ2n) is 3.29. The van der Waals surface area contributed by atoms with Crippen LogP contribution in [0.4, 0.5) is 0 Å². The molecule has 103 valence electrons. The van der Waals surface area contributed by atoms with Crippen LogP contribution in [0.25, 0.3) is 0 Å². The molecule has 0 aromatic carbocycles. The Balaban J connectivity index is 3.28. The lowest BCUT2D eigenvalue weighted by molar-refractivity contribution is -0.150. The van der Waals surface area contributed by atoms with Gasteiger partial charge in [0, 0.05) is 19.6 Å². The highest BCUT2D eigenvalue weighted by molar-refractivity contribution is 5.40. The summed E-state index contributed by atoms with van der Waals surface area (Å²) in [6.45, 7) is 3.27. The first-order valence-corrected chi connectivity index (χ1v) is 5.60. The minimum Gasteiger partial charge on any atom is -0.468 e. The molecule has 0 saturated heterocycles. The highest BCUT2D eigenvalue weighted by Gasteiger charge is 2.09. The summed E-state index contributed by atoms with van der Waals surface area (Å²) in [4.78, 5) is 29.8. The van der Waals surface area contributed by atoms with Crippen LogP contribution in [0.3, 0.4) is 0 Å². The third-order valence-corrected chi connectivity index (χ3v) is 1.98. The normalized spacial score (nSPS) is 9.83. The van der Waals surface area contributed by atoms with Crippen LogP contribution in [-0.4, -0.2) is 45.5 Å². The first-order valence-electron chi connectivity index (χ1n) is 5.60. The Hall–Kier alpha value is -1.63. The molecule has 0 aliphatic rings. The van der Waals surface area contributed by atoms with Gasteiger partial charge in [0.2, 0.25) is 6.29 Å². The largest absolute Gasteiger partial charge is 0.468 e. The second kappa shape index (κ2) is 13.4. The number of hydrogen-bond acceptors (Lipinski definition) is 7. The predicted octanol–water partition coefficient (Wildman–Crippen LogP) is 0.319. The molecule has 0 bridgehead atoms. The van der Waals surface area contributed by atoms with E-state index in [1.54, 1.807) is 0 Å². The van der Waals surface area contributed by atoms with Gasteiger partial charge in [0.1, 0.15) is 0 Å². The van der Waals surface area contributed by atoms with E-state index in [1.165, 1.54) is 6.47 Å². The van der Waals surface area contributed by atoms with Crippen LogP contribution < -0.4 is 0 Å². The van der Waals surface area contributed by atoms with E-state index in [4.69, 9.17) is 4.74 Å². The van der Waals surface area contributed by atoms with E-state index in [-0.39, 0.29) is 6.47 Å². The van der Waals surface area contributed by atoms with Crippen molar-refractivity contribution >= 4 is 19.4 Å². The minimum absolute atomic E-state index is 0.218. The van der Waals surface area contributed by atoms with E-state index >= 15 is 0 Å². The van der Waals surface area contributed by atoms with Crippen molar-refractivity contribution in [2.75, 3.05) is 19.8 Å². The zero-order valence-corrected chi connectivity index (χ0v) is 10.0. The van der Waals surface area contributed by atoms with Crippen molar-refractivity contribution < 1.29 is 33.3 Å². The summed E-state index contributed by atoms with van der Waals surface area (Å²) < 4.78 is 18.7. The van der Waals surface area contributed by atoms with E-state index in [1.807, 2.05) is 0 Å². The zero-order chi connectivity index (χ0) is 13.5. The van der Waals surface area contributed by atoms with Gasteiger partial charge in [-0.2, -0.15) is 0 Å². The van der Waals surface area contributed by atoms with Gasteiger partial charge in [0.25, 0.3) is 12.9 Å². The Morgan fingerprint density at radius 3 is 2.39 bits per heavy atom. The Labute approximate surface area is 105 Å². The van der Waals surface area contributed by atoms with Gasteiger partial charge in [-0.15, -0.1) is 0 Å². The minimum atomic E-state index is -0.899. The van der Waals surface area contributed by atoms with E-state index < -0.39 is 6.29 Å². The molecule has 0 fully saturated rings. The standard InChI is InChI=1S/C11H17O7/c12-8-16-6-2-1-5-15-7-3-4-11(17-9-13)18-10-14/h8-9,11H,1-7H2. The Kier molecular flexibility index (Phi) is 12.2. The maximum absolute atomic E-state index is 10.1. The summed E-state index contributed by atoms with van der Waals surface area (Å²) >= 11 is 0. The maximum Gasteiger partial charge on any atom is 0.420 e. The zero-order valence-electron chi connectivity index (χ0n) is 10.0. The lowest BCUT2D eigenvalue weighted by Gasteiger charge is -2.11. The first kappa shape index (κ1) is 16.4. The fourth-order valence-corrected chi connectivity index (χ4v) is 1.16. The Bertz CT molecular complexity index is 209. The topological polar surface area (TPSA) is 88.1 Å². The van der Waals surface area contributed by atoms with Gasteiger partial charge in [-0.25, -0.2) is 4.79 Å². The third-order valence-electron chi connectivity index (χ3n) is 1.98. The first-order chi connectivity index (χ1) is 8.85. The summed E-state index contributed by atoms with van der Waals surface area (Å²) in [7, 11) is 0. The summed E-state index contributed by atoms with van der Waals surface area (Å²) in [5.41, 5.74) is 0. The molecule has 0 saturated carbocycles. The molecule has 1 unspecified atom stereocenters. The fourth-order valence-electron chi connectivity index (χ4n) is 1.16. The summed E-state index contributed by atoms with van der Waals surface area (Å²) in [6.07, 6.45) is 1.59. The van der Waals surface area contributed by atoms with Crippen molar-refractivity contribution in [2.24, 2.45) is 0 Å². The van der Waals surface area contributed by atoms with Crippen molar-refractivity contribution in [1.29, 1.82) is 0 Å². The van der Waals surface area contributed by atoms with Crippen LogP contribution in [0.5, 0.6) is 0 Å². The molecule has 0 aliphatic carbocycles. The van der Waals surface area contributed by atoms with Gasteiger partial charge in [0.15, 0.2) is 0 Å². The van der Waals surface area contributed by atoms with Gasteiger partial charge in [-0.3, -0.25) is 9.59 Å². The van der Waals surface area contributed by atoms with E-state index in [9.17, 15) is 14.4 Å². The SMILES string of the molecule is O=[C]OC(CCCOCCCCOC=O)OC=O. The van der Waals surface area contributed by atoms with Crippen molar-refractivity contribution in [3.05, 3.63) is 0 Å². The number of unbranched alkanes of at least 4 members (excludes halogenated alkanes) is 1. The average molecular weight is 261 g/mol.